The SMILES string of the molecule is C=C(C)CNC(=O)CSc1ccc(F)c(F)c1. The van der Waals surface area contributed by atoms with Gasteiger partial charge in [-0.05, 0) is 25.1 Å². The zero-order chi connectivity index (χ0) is 12.8. The first-order valence-electron chi connectivity index (χ1n) is 4.98. The van der Waals surface area contributed by atoms with Gasteiger partial charge in [-0.15, -0.1) is 11.8 Å². The highest BCUT2D eigenvalue weighted by Crippen LogP contribution is 2.19. The molecule has 0 bridgehead atoms. The number of rotatable bonds is 5. The Morgan fingerprint density at radius 3 is 2.71 bits per heavy atom. The first-order chi connectivity index (χ1) is 7.99. The highest BCUT2D eigenvalue weighted by molar-refractivity contribution is 8.00. The second kappa shape index (κ2) is 6.39. The number of benzene rings is 1. The van der Waals surface area contributed by atoms with Crippen molar-refractivity contribution in [2.75, 3.05) is 12.3 Å². The van der Waals surface area contributed by atoms with Crippen molar-refractivity contribution in [1.29, 1.82) is 0 Å². The molecule has 0 aliphatic rings. The predicted molar refractivity (Wildman–Crippen MR) is 64.9 cm³/mol. The molecule has 17 heavy (non-hydrogen) atoms. The monoisotopic (exact) mass is 257 g/mol. The minimum atomic E-state index is -0.905. The van der Waals surface area contributed by atoms with Gasteiger partial charge in [0.1, 0.15) is 0 Å². The van der Waals surface area contributed by atoms with Crippen molar-refractivity contribution in [2.24, 2.45) is 0 Å². The number of carbonyl (C=O) groups excluding carboxylic acids is 1. The molecule has 0 radical (unpaired) electrons. The molecule has 0 aromatic heterocycles. The van der Waals surface area contributed by atoms with Crippen LogP contribution in [0, 0.1) is 11.6 Å². The Labute approximate surface area is 103 Å². The quantitative estimate of drug-likeness (QED) is 0.649. The Morgan fingerprint density at radius 1 is 1.41 bits per heavy atom. The minimum absolute atomic E-state index is 0.164. The summed E-state index contributed by atoms with van der Waals surface area (Å²) in [6.07, 6.45) is 0. The molecule has 5 heteroatoms. The van der Waals surface area contributed by atoms with E-state index in [1.807, 2.05) is 6.92 Å². The lowest BCUT2D eigenvalue weighted by molar-refractivity contribution is -0.118. The van der Waals surface area contributed by atoms with Gasteiger partial charge in [0.15, 0.2) is 11.6 Å². The summed E-state index contributed by atoms with van der Waals surface area (Å²) >= 11 is 1.15. The van der Waals surface area contributed by atoms with Gasteiger partial charge in [0.25, 0.3) is 0 Å². The molecule has 0 fully saturated rings. The van der Waals surface area contributed by atoms with E-state index in [2.05, 4.69) is 11.9 Å². The topological polar surface area (TPSA) is 29.1 Å². The lowest BCUT2D eigenvalue weighted by atomic mass is 10.3. The van der Waals surface area contributed by atoms with Crippen molar-refractivity contribution in [3.63, 3.8) is 0 Å². The molecule has 2 nitrogen and oxygen atoms in total. The fraction of sp³-hybridized carbons (Fsp3) is 0.250. The zero-order valence-corrected chi connectivity index (χ0v) is 10.2. The molecule has 0 saturated carbocycles. The van der Waals surface area contributed by atoms with Gasteiger partial charge in [-0.3, -0.25) is 4.79 Å². The third kappa shape index (κ3) is 4.99. The second-order valence-corrected chi connectivity index (χ2v) is 4.65. The number of halogens is 2. The summed E-state index contributed by atoms with van der Waals surface area (Å²) in [5, 5.41) is 2.65. The first-order valence-corrected chi connectivity index (χ1v) is 5.96. The third-order valence-electron chi connectivity index (χ3n) is 1.85. The molecule has 1 aromatic rings. The Balaban J connectivity index is 2.42. The number of hydrogen-bond donors (Lipinski definition) is 1. The van der Waals surface area contributed by atoms with Crippen molar-refractivity contribution >= 4 is 17.7 Å². The van der Waals surface area contributed by atoms with Crippen molar-refractivity contribution in [3.05, 3.63) is 42.0 Å². The Kier molecular flexibility index (Phi) is 5.15. The predicted octanol–water partition coefficient (Wildman–Crippen LogP) is 2.75. The number of nitrogens with one attached hydrogen (secondary N) is 1. The molecule has 0 spiro atoms. The molecule has 0 unspecified atom stereocenters. The van der Waals surface area contributed by atoms with Crippen LogP contribution in [0.1, 0.15) is 6.92 Å². The van der Waals surface area contributed by atoms with Gasteiger partial charge in [0.2, 0.25) is 5.91 Å². The fourth-order valence-corrected chi connectivity index (χ4v) is 1.77. The first kappa shape index (κ1) is 13.7. The summed E-state index contributed by atoms with van der Waals surface area (Å²) in [6, 6.07) is 3.56. The standard InChI is InChI=1S/C12H13F2NOS/c1-8(2)6-15-12(16)7-17-9-3-4-10(13)11(14)5-9/h3-5H,1,6-7H2,2H3,(H,15,16). The fourth-order valence-electron chi connectivity index (χ4n) is 1.02. The van der Waals surface area contributed by atoms with Gasteiger partial charge >= 0.3 is 0 Å². The molecule has 1 amide bonds. The molecule has 0 aliphatic heterocycles. The van der Waals surface area contributed by atoms with Gasteiger partial charge < -0.3 is 5.32 Å². The van der Waals surface area contributed by atoms with E-state index in [0.29, 0.717) is 11.4 Å². The average molecular weight is 257 g/mol. The summed E-state index contributed by atoms with van der Waals surface area (Å²) in [5.41, 5.74) is 0.858. The Bertz CT molecular complexity index is 435. The molecule has 0 saturated heterocycles. The Hall–Kier alpha value is -1.36. The van der Waals surface area contributed by atoms with Crippen LogP contribution in [0.3, 0.4) is 0 Å². The van der Waals surface area contributed by atoms with Crippen molar-refractivity contribution in [2.45, 2.75) is 11.8 Å². The summed E-state index contributed by atoms with van der Waals surface area (Å²) < 4.78 is 25.5. The molecule has 92 valence electrons. The summed E-state index contributed by atoms with van der Waals surface area (Å²) in [5.74, 6) is -1.79. The van der Waals surface area contributed by atoms with Crippen LogP contribution in [0.2, 0.25) is 0 Å². The molecular weight excluding hydrogens is 244 g/mol. The maximum absolute atomic E-state index is 12.9. The maximum atomic E-state index is 12.9. The molecule has 0 aliphatic carbocycles. The van der Waals surface area contributed by atoms with Crippen molar-refractivity contribution in [3.8, 4) is 0 Å². The van der Waals surface area contributed by atoms with Gasteiger partial charge in [-0.25, -0.2) is 8.78 Å². The normalized spacial score (nSPS) is 10.1. The van der Waals surface area contributed by atoms with E-state index in [4.69, 9.17) is 0 Å². The maximum Gasteiger partial charge on any atom is 0.230 e. The number of hydrogen-bond acceptors (Lipinski definition) is 2. The van der Waals surface area contributed by atoms with E-state index in [1.54, 1.807) is 0 Å². The van der Waals surface area contributed by atoms with Crippen molar-refractivity contribution in [1.82, 2.24) is 5.32 Å². The number of amides is 1. The van der Waals surface area contributed by atoms with E-state index in [0.717, 1.165) is 29.5 Å². The largest absolute Gasteiger partial charge is 0.352 e. The van der Waals surface area contributed by atoms with Crippen LogP contribution in [0.5, 0.6) is 0 Å². The molecule has 1 rings (SSSR count). The van der Waals surface area contributed by atoms with Gasteiger partial charge in [-0.1, -0.05) is 12.2 Å². The highest BCUT2D eigenvalue weighted by atomic mass is 32.2. The van der Waals surface area contributed by atoms with E-state index < -0.39 is 11.6 Å². The molecule has 1 N–H and O–H groups in total. The zero-order valence-electron chi connectivity index (χ0n) is 9.43. The lowest BCUT2D eigenvalue weighted by Crippen LogP contribution is -2.26. The lowest BCUT2D eigenvalue weighted by Gasteiger charge is -2.04. The average Bonchev–Trinajstić information content (AvgIpc) is 2.28. The van der Waals surface area contributed by atoms with E-state index in [-0.39, 0.29) is 11.7 Å². The van der Waals surface area contributed by atoms with Crippen LogP contribution in [0.4, 0.5) is 8.78 Å². The molecule has 0 heterocycles. The summed E-state index contributed by atoms with van der Waals surface area (Å²) in [7, 11) is 0. The van der Waals surface area contributed by atoms with Gasteiger partial charge in [0, 0.05) is 11.4 Å². The summed E-state index contributed by atoms with van der Waals surface area (Å²) in [6.45, 7) is 5.89. The third-order valence-corrected chi connectivity index (χ3v) is 2.84. The van der Waals surface area contributed by atoms with Gasteiger partial charge in [-0.2, -0.15) is 0 Å². The second-order valence-electron chi connectivity index (χ2n) is 3.60. The highest BCUT2D eigenvalue weighted by Gasteiger charge is 2.05. The van der Waals surface area contributed by atoms with Crippen molar-refractivity contribution < 1.29 is 13.6 Å². The van der Waals surface area contributed by atoms with E-state index >= 15 is 0 Å². The number of carbonyl (C=O) groups is 1. The van der Waals surface area contributed by atoms with E-state index in [9.17, 15) is 13.6 Å². The van der Waals surface area contributed by atoms with Gasteiger partial charge in [0.05, 0.1) is 5.75 Å². The van der Waals surface area contributed by atoms with Crippen LogP contribution >= 0.6 is 11.8 Å². The molecular formula is C12H13F2NOS. The molecule has 1 aromatic carbocycles. The summed E-state index contributed by atoms with van der Waals surface area (Å²) in [4.78, 5) is 11.9. The smallest absolute Gasteiger partial charge is 0.230 e. The van der Waals surface area contributed by atoms with Crippen LogP contribution in [0.25, 0.3) is 0 Å². The number of thioether (sulfide) groups is 1. The minimum Gasteiger partial charge on any atom is -0.352 e. The van der Waals surface area contributed by atoms with Crippen LogP contribution in [0.15, 0.2) is 35.2 Å². The van der Waals surface area contributed by atoms with Crippen LogP contribution in [-0.4, -0.2) is 18.2 Å². The van der Waals surface area contributed by atoms with Crippen LogP contribution < -0.4 is 5.32 Å². The van der Waals surface area contributed by atoms with E-state index in [1.165, 1.54) is 6.07 Å². The van der Waals surface area contributed by atoms with Crippen LogP contribution in [-0.2, 0) is 4.79 Å². The Morgan fingerprint density at radius 2 is 2.12 bits per heavy atom. The molecule has 0 atom stereocenters.